The highest BCUT2D eigenvalue weighted by Gasteiger charge is 2.27. The second kappa shape index (κ2) is 6.76. The zero-order valence-corrected chi connectivity index (χ0v) is 15.4. The van der Waals surface area contributed by atoms with Gasteiger partial charge in [0, 0.05) is 11.4 Å². The molecule has 3 aromatic rings. The molecule has 140 valence electrons. The van der Waals surface area contributed by atoms with Crippen LogP contribution in [0.15, 0.2) is 35.2 Å². The lowest BCUT2D eigenvalue weighted by atomic mass is 10.2. The molecular formula is C16H15N5O5S. The van der Waals surface area contributed by atoms with Crippen LogP contribution in [0.4, 0.5) is 0 Å². The number of sulfonamides is 1. The van der Waals surface area contributed by atoms with Gasteiger partial charge in [0.15, 0.2) is 11.3 Å². The Morgan fingerprint density at radius 1 is 1.19 bits per heavy atom. The zero-order chi connectivity index (χ0) is 19.8. The number of hydrogen-bond donors (Lipinski definition) is 1. The third kappa shape index (κ3) is 3.36. The number of ether oxygens (including phenoxy) is 1. The van der Waals surface area contributed by atoms with Crippen molar-refractivity contribution >= 4 is 27.5 Å². The van der Waals surface area contributed by atoms with E-state index in [0.29, 0.717) is 11.4 Å². The molecule has 1 N–H and O–H groups in total. The van der Waals surface area contributed by atoms with Crippen molar-refractivity contribution in [3.8, 4) is 0 Å². The molecular weight excluding hydrogens is 374 g/mol. The van der Waals surface area contributed by atoms with Crippen LogP contribution in [-0.4, -0.2) is 47.2 Å². The maximum Gasteiger partial charge on any atom is 0.339 e. The molecule has 0 radical (unpaired) electrons. The van der Waals surface area contributed by atoms with Crippen molar-refractivity contribution in [2.75, 3.05) is 7.11 Å². The number of nitrogens with zero attached hydrogens (tertiary/aromatic N) is 4. The van der Waals surface area contributed by atoms with E-state index in [9.17, 15) is 18.0 Å². The van der Waals surface area contributed by atoms with E-state index in [1.54, 1.807) is 19.9 Å². The first kappa shape index (κ1) is 18.5. The van der Waals surface area contributed by atoms with Gasteiger partial charge in [-0.3, -0.25) is 4.79 Å². The molecule has 0 bridgehead atoms. The number of rotatable bonds is 4. The van der Waals surface area contributed by atoms with Gasteiger partial charge in [0.05, 0.1) is 12.7 Å². The summed E-state index contributed by atoms with van der Waals surface area (Å²) in [6.07, 6.45) is 0. The van der Waals surface area contributed by atoms with E-state index in [0.717, 1.165) is 7.11 Å². The molecule has 0 aliphatic heterocycles. The predicted octanol–water partition coefficient (Wildman–Crippen LogP) is 0.646. The molecule has 0 aliphatic carbocycles. The summed E-state index contributed by atoms with van der Waals surface area (Å²) in [6.45, 7) is 3.48. The van der Waals surface area contributed by atoms with E-state index >= 15 is 0 Å². The van der Waals surface area contributed by atoms with Crippen molar-refractivity contribution in [3.63, 3.8) is 0 Å². The van der Waals surface area contributed by atoms with Gasteiger partial charge in [-0.25, -0.2) is 22.9 Å². The average molecular weight is 389 g/mol. The minimum Gasteiger partial charge on any atom is -0.465 e. The predicted molar refractivity (Wildman–Crippen MR) is 92.7 cm³/mol. The standard InChI is InChI=1S/C16H15N5O5S/c1-9-8-10(2)21-14(17-9)13(18-20-21)15(22)19-27(24,25)12-7-5-4-6-11(12)16(23)26-3/h4-8H,1-3H3,(H,19,22). The van der Waals surface area contributed by atoms with Crippen LogP contribution in [0, 0.1) is 13.8 Å². The van der Waals surface area contributed by atoms with Crippen molar-refractivity contribution in [2.24, 2.45) is 0 Å². The summed E-state index contributed by atoms with van der Waals surface area (Å²) in [4.78, 5) is 28.1. The summed E-state index contributed by atoms with van der Waals surface area (Å²) in [6, 6.07) is 7.13. The molecule has 11 heteroatoms. The Morgan fingerprint density at radius 2 is 1.89 bits per heavy atom. The molecule has 0 saturated heterocycles. The molecule has 0 saturated carbocycles. The van der Waals surface area contributed by atoms with E-state index in [4.69, 9.17) is 0 Å². The van der Waals surface area contributed by atoms with Gasteiger partial charge in [0.25, 0.3) is 15.9 Å². The smallest absolute Gasteiger partial charge is 0.339 e. The number of aryl methyl sites for hydroxylation is 2. The van der Waals surface area contributed by atoms with Gasteiger partial charge in [-0.1, -0.05) is 17.3 Å². The maximum absolute atomic E-state index is 12.6. The van der Waals surface area contributed by atoms with Crippen LogP contribution in [0.3, 0.4) is 0 Å². The van der Waals surface area contributed by atoms with Crippen LogP contribution in [0.25, 0.3) is 5.65 Å². The fourth-order valence-corrected chi connectivity index (χ4v) is 3.68. The number of esters is 1. The quantitative estimate of drug-likeness (QED) is 0.643. The summed E-state index contributed by atoms with van der Waals surface area (Å²) in [5, 5.41) is 7.55. The third-order valence-corrected chi connectivity index (χ3v) is 5.09. The summed E-state index contributed by atoms with van der Waals surface area (Å²) in [5.74, 6) is -1.85. The van der Waals surface area contributed by atoms with Crippen molar-refractivity contribution in [1.82, 2.24) is 24.5 Å². The Morgan fingerprint density at radius 3 is 2.59 bits per heavy atom. The molecule has 0 unspecified atom stereocenters. The second-order valence-corrected chi connectivity index (χ2v) is 7.29. The molecule has 10 nitrogen and oxygen atoms in total. The third-order valence-electron chi connectivity index (χ3n) is 3.70. The Hall–Kier alpha value is -3.34. The Labute approximate surface area is 154 Å². The first-order valence-corrected chi connectivity index (χ1v) is 9.17. The van der Waals surface area contributed by atoms with Crippen LogP contribution in [0.5, 0.6) is 0 Å². The number of benzene rings is 1. The highest BCUT2D eigenvalue weighted by Crippen LogP contribution is 2.17. The number of carbonyl (C=O) groups is 2. The van der Waals surface area contributed by atoms with Crippen LogP contribution < -0.4 is 4.72 Å². The van der Waals surface area contributed by atoms with Crippen molar-refractivity contribution in [2.45, 2.75) is 18.7 Å². The summed E-state index contributed by atoms with van der Waals surface area (Å²) in [7, 11) is -3.24. The Kier molecular flexibility index (Phi) is 4.62. The highest BCUT2D eigenvalue weighted by atomic mass is 32.2. The first-order valence-electron chi connectivity index (χ1n) is 7.68. The topological polar surface area (TPSA) is 133 Å². The van der Waals surface area contributed by atoms with E-state index < -0.39 is 21.9 Å². The molecule has 0 atom stereocenters. The zero-order valence-electron chi connectivity index (χ0n) is 14.6. The SMILES string of the molecule is COC(=O)c1ccccc1S(=O)(=O)NC(=O)c1nnn2c(C)cc(C)nc12. The molecule has 0 spiro atoms. The molecule has 2 aromatic heterocycles. The second-order valence-electron chi connectivity index (χ2n) is 5.63. The van der Waals surface area contributed by atoms with Crippen LogP contribution in [-0.2, 0) is 14.8 Å². The van der Waals surface area contributed by atoms with Gasteiger partial charge in [-0.15, -0.1) is 5.10 Å². The number of amides is 1. The maximum atomic E-state index is 12.6. The number of nitrogens with one attached hydrogen (secondary N) is 1. The van der Waals surface area contributed by atoms with Gasteiger partial charge < -0.3 is 4.74 Å². The molecule has 1 amide bonds. The lowest BCUT2D eigenvalue weighted by molar-refractivity contribution is 0.0596. The lowest BCUT2D eigenvalue weighted by Crippen LogP contribution is -2.32. The largest absolute Gasteiger partial charge is 0.465 e. The van der Waals surface area contributed by atoms with E-state index in [2.05, 4.69) is 20.0 Å². The fourth-order valence-electron chi connectivity index (χ4n) is 2.53. The van der Waals surface area contributed by atoms with E-state index in [1.165, 1.54) is 28.8 Å². The monoisotopic (exact) mass is 389 g/mol. The van der Waals surface area contributed by atoms with Gasteiger partial charge in [-0.2, -0.15) is 4.52 Å². The van der Waals surface area contributed by atoms with E-state index in [-0.39, 0.29) is 21.8 Å². The van der Waals surface area contributed by atoms with Gasteiger partial charge in [0.1, 0.15) is 4.90 Å². The Balaban J connectivity index is 2.01. The molecule has 0 fully saturated rings. The number of methoxy groups -OCH3 is 1. The minimum atomic E-state index is -4.37. The number of aromatic nitrogens is 4. The van der Waals surface area contributed by atoms with Crippen LogP contribution >= 0.6 is 0 Å². The van der Waals surface area contributed by atoms with Crippen LogP contribution in [0.2, 0.25) is 0 Å². The summed E-state index contributed by atoms with van der Waals surface area (Å²) in [5.41, 5.74) is 0.985. The molecule has 1 aromatic carbocycles. The molecule has 0 aliphatic rings. The van der Waals surface area contributed by atoms with Gasteiger partial charge >= 0.3 is 5.97 Å². The number of hydrogen-bond acceptors (Lipinski definition) is 8. The molecule has 2 heterocycles. The van der Waals surface area contributed by atoms with E-state index in [1.807, 2.05) is 4.72 Å². The number of carbonyl (C=O) groups excluding carboxylic acids is 2. The highest BCUT2D eigenvalue weighted by molar-refractivity contribution is 7.90. The molecule has 27 heavy (non-hydrogen) atoms. The van der Waals surface area contributed by atoms with Gasteiger partial charge in [0.2, 0.25) is 0 Å². The minimum absolute atomic E-state index is 0.126. The number of fused-ring (bicyclic) bond motifs is 1. The van der Waals surface area contributed by atoms with Crippen LogP contribution in [0.1, 0.15) is 32.2 Å². The van der Waals surface area contributed by atoms with Crippen molar-refractivity contribution in [1.29, 1.82) is 0 Å². The molecule has 3 rings (SSSR count). The lowest BCUT2D eigenvalue weighted by Gasteiger charge is -2.09. The Bertz CT molecular complexity index is 1170. The summed E-state index contributed by atoms with van der Waals surface area (Å²) < 4.78 is 33.1. The fraction of sp³-hybridized carbons (Fsp3) is 0.188. The van der Waals surface area contributed by atoms with Crippen molar-refractivity contribution in [3.05, 3.63) is 53.0 Å². The normalized spacial score (nSPS) is 11.4. The van der Waals surface area contributed by atoms with Gasteiger partial charge in [-0.05, 0) is 32.0 Å². The van der Waals surface area contributed by atoms with Crippen molar-refractivity contribution < 1.29 is 22.7 Å². The first-order chi connectivity index (χ1) is 12.7. The average Bonchev–Trinajstić information content (AvgIpc) is 3.05. The summed E-state index contributed by atoms with van der Waals surface area (Å²) >= 11 is 0.